The van der Waals surface area contributed by atoms with Crippen LogP contribution in [0.15, 0.2) is 30.3 Å². The van der Waals surface area contributed by atoms with E-state index in [9.17, 15) is 0 Å². The summed E-state index contributed by atoms with van der Waals surface area (Å²) in [7, 11) is 0. The normalized spacial score (nSPS) is 16.8. The van der Waals surface area contributed by atoms with Gasteiger partial charge >= 0.3 is 0 Å². The van der Waals surface area contributed by atoms with Gasteiger partial charge in [0.15, 0.2) is 5.82 Å². The zero-order chi connectivity index (χ0) is 16.2. The molecule has 0 spiro atoms. The number of nitrogens with zero attached hydrogens (tertiary/aromatic N) is 5. The SMILES string of the molecule is C(=C\c1nn2c(CN3CCCCCC3)nnc2s1)/c1ccccc1. The Morgan fingerprint density at radius 1 is 0.958 bits per heavy atom. The maximum atomic E-state index is 4.67. The van der Waals surface area contributed by atoms with Crippen molar-refractivity contribution in [3.05, 3.63) is 46.7 Å². The molecule has 0 aliphatic carbocycles. The number of aromatic nitrogens is 4. The predicted molar refractivity (Wildman–Crippen MR) is 97.8 cm³/mol. The van der Waals surface area contributed by atoms with Crippen LogP contribution >= 0.6 is 11.3 Å². The second kappa shape index (κ2) is 7.23. The Morgan fingerprint density at radius 2 is 1.75 bits per heavy atom. The highest BCUT2D eigenvalue weighted by atomic mass is 32.1. The summed E-state index contributed by atoms with van der Waals surface area (Å²) in [6.07, 6.45) is 9.38. The summed E-state index contributed by atoms with van der Waals surface area (Å²) in [5.41, 5.74) is 1.17. The lowest BCUT2D eigenvalue weighted by molar-refractivity contribution is 0.268. The van der Waals surface area contributed by atoms with Gasteiger partial charge in [-0.05, 0) is 37.6 Å². The lowest BCUT2D eigenvalue weighted by Crippen LogP contribution is -2.25. The van der Waals surface area contributed by atoms with Crippen molar-refractivity contribution in [3.63, 3.8) is 0 Å². The van der Waals surface area contributed by atoms with E-state index in [1.165, 1.54) is 31.2 Å². The van der Waals surface area contributed by atoms with Crippen LogP contribution in [0.4, 0.5) is 0 Å². The molecule has 1 saturated heterocycles. The third-order valence-corrected chi connectivity index (χ3v) is 5.22. The van der Waals surface area contributed by atoms with Crippen molar-refractivity contribution in [2.75, 3.05) is 13.1 Å². The first-order valence-corrected chi connectivity index (χ1v) is 9.37. The van der Waals surface area contributed by atoms with Gasteiger partial charge in [-0.1, -0.05) is 60.6 Å². The lowest BCUT2D eigenvalue weighted by Gasteiger charge is -2.17. The monoisotopic (exact) mass is 339 g/mol. The highest BCUT2D eigenvalue weighted by Crippen LogP contribution is 2.18. The van der Waals surface area contributed by atoms with E-state index in [1.807, 2.05) is 28.8 Å². The maximum Gasteiger partial charge on any atom is 0.235 e. The van der Waals surface area contributed by atoms with E-state index in [1.54, 1.807) is 11.3 Å². The average molecular weight is 339 g/mol. The molecule has 5 nitrogen and oxygen atoms in total. The molecule has 1 aromatic carbocycles. The van der Waals surface area contributed by atoms with Crippen LogP contribution in [0.3, 0.4) is 0 Å². The van der Waals surface area contributed by atoms with Crippen LogP contribution in [0.5, 0.6) is 0 Å². The van der Waals surface area contributed by atoms with E-state index in [4.69, 9.17) is 0 Å². The first-order chi connectivity index (χ1) is 11.9. The van der Waals surface area contributed by atoms with Crippen molar-refractivity contribution in [1.82, 2.24) is 24.7 Å². The quantitative estimate of drug-likeness (QED) is 0.726. The van der Waals surface area contributed by atoms with Gasteiger partial charge in [0.05, 0.1) is 6.54 Å². The Hall–Kier alpha value is -2.05. The van der Waals surface area contributed by atoms with Crippen LogP contribution in [0.2, 0.25) is 0 Å². The van der Waals surface area contributed by atoms with Crippen molar-refractivity contribution in [3.8, 4) is 0 Å². The average Bonchev–Trinajstić information content (AvgIpc) is 3.07. The number of likely N-dealkylation sites (tertiary alicyclic amines) is 1. The second-order valence-corrected chi connectivity index (χ2v) is 7.17. The Morgan fingerprint density at radius 3 is 2.54 bits per heavy atom. The van der Waals surface area contributed by atoms with Crippen LogP contribution in [-0.2, 0) is 6.54 Å². The van der Waals surface area contributed by atoms with E-state index in [2.05, 4.69) is 38.4 Å². The number of benzene rings is 1. The van der Waals surface area contributed by atoms with E-state index >= 15 is 0 Å². The number of hydrogen-bond acceptors (Lipinski definition) is 5. The summed E-state index contributed by atoms with van der Waals surface area (Å²) in [6.45, 7) is 3.15. The molecule has 1 fully saturated rings. The molecule has 3 aromatic rings. The van der Waals surface area contributed by atoms with Gasteiger partial charge in [-0.2, -0.15) is 9.61 Å². The fourth-order valence-electron chi connectivity index (χ4n) is 3.06. The first-order valence-electron chi connectivity index (χ1n) is 8.55. The fourth-order valence-corrected chi connectivity index (χ4v) is 3.82. The summed E-state index contributed by atoms with van der Waals surface area (Å²) in [4.78, 5) is 3.34. The summed E-state index contributed by atoms with van der Waals surface area (Å²) < 4.78 is 1.90. The Labute approximate surface area is 145 Å². The molecule has 0 radical (unpaired) electrons. The molecule has 3 heterocycles. The molecule has 0 amide bonds. The molecule has 0 bridgehead atoms. The van der Waals surface area contributed by atoms with Gasteiger partial charge in [-0.3, -0.25) is 4.90 Å². The number of hydrogen-bond donors (Lipinski definition) is 0. The van der Waals surface area contributed by atoms with E-state index < -0.39 is 0 Å². The van der Waals surface area contributed by atoms with Gasteiger partial charge in [0.25, 0.3) is 0 Å². The van der Waals surface area contributed by atoms with E-state index in [0.29, 0.717) is 0 Å². The smallest absolute Gasteiger partial charge is 0.235 e. The Kier molecular flexibility index (Phi) is 4.66. The fraction of sp³-hybridized carbons (Fsp3) is 0.389. The first kappa shape index (κ1) is 15.5. The zero-order valence-electron chi connectivity index (χ0n) is 13.6. The molecule has 1 aliphatic rings. The molecule has 4 rings (SSSR count). The van der Waals surface area contributed by atoms with Crippen LogP contribution < -0.4 is 0 Å². The molecule has 0 N–H and O–H groups in total. The molecular weight excluding hydrogens is 318 g/mol. The lowest BCUT2D eigenvalue weighted by atomic mass is 10.2. The van der Waals surface area contributed by atoms with Gasteiger partial charge in [0.1, 0.15) is 5.01 Å². The topological polar surface area (TPSA) is 46.3 Å². The molecular formula is C18H21N5S. The third kappa shape index (κ3) is 3.55. The van der Waals surface area contributed by atoms with Gasteiger partial charge in [0.2, 0.25) is 4.96 Å². The molecule has 2 aromatic heterocycles. The highest BCUT2D eigenvalue weighted by Gasteiger charge is 2.15. The maximum absolute atomic E-state index is 4.67. The molecule has 0 saturated carbocycles. The predicted octanol–water partition coefficient (Wildman–Crippen LogP) is 3.73. The summed E-state index contributed by atoms with van der Waals surface area (Å²) >= 11 is 1.58. The van der Waals surface area contributed by atoms with Crippen LogP contribution in [-0.4, -0.2) is 37.8 Å². The van der Waals surface area contributed by atoms with E-state index in [-0.39, 0.29) is 0 Å². The van der Waals surface area contributed by atoms with Crippen molar-refractivity contribution in [1.29, 1.82) is 0 Å². The van der Waals surface area contributed by atoms with Crippen LogP contribution in [0.1, 0.15) is 42.1 Å². The molecule has 24 heavy (non-hydrogen) atoms. The van der Waals surface area contributed by atoms with Crippen molar-refractivity contribution in [2.24, 2.45) is 0 Å². The minimum Gasteiger partial charge on any atom is -0.296 e. The van der Waals surface area contributed by atoms with Crippen molar-refractivity contribution in [2.45, 2.75) is 32.2 Å². The summed E-state index contributed by atoms with van der Waals surface area (Å²) in [6, 6.07) is 10.3. The van der Waals surface area contributed by atoms with Gasteiger partial charge in [0, 0.05) is 0 Å². The Bertz CT molecular complexity index is 812. The van der Waals surface area contributed by atoms with Crippen molar-refractivity contribution >= 4 is 28.4 Å². The third-order valence-electron chi connectivity index (χ3n) is 4.35. The van der Waals surface area contributed by atoms with Crippen LogP contribution in [0, 0.1) is 0 Å². The molecule has 6 heteroatoms. The molecule has 0 atom stereocenters. The number of rotatable bonds is 4. The molecule has 1 aliphatic heterocycles. The van der Waals surface area contributed by atoms with Crippen LogP contribution in [0.25, 0.3) is 17.1 Å². The molecule has 124 valence electrons. The zero-order valence-corrected chi connectivity index (χ0v) is 14.5. The second-order valence-electron chi connectivity index (χ2n) is 6.19. The number of fused-ring (bicyclic) bond motifs is 1. The van der Waals surface area contributed by atoms with Gasteiger partial charge in [-0.15, -0.1) is 10.2 Å². The van der Waals surface area contributed by atoms with Gasteiger partial charge in [-0.25, -0.2) is 0 Å². The molecule has 0 unspecified atom stereocenters. The Balaban J connectivity index is 1.51. The van der Waals surface area contributed by atoms with Crippen molar-refractivity contribution < 1.29 is 0 Å². The van der Waals surface area contributed by atoms with E-state index in [0.717, 1.165) is 35.4 Å². The highest BCUT2D eigenvalue weighted by molar-refractivity contribution is 7.17. The largest absolute Gasteiger partial charge is 0.296 e. The minimum atomic E-state index is 0.840. The standard InChI is InChI=1S/C18H21N5S/c1-2-7-13-22(12-6-1)14-16-19-20-18-23(16)21-17(24-18)11-10-15-8-4-3-5-9-15/h3-5,8-11H,1-2,6-7,12-14H2/b11-10+. The minimum absolute atomic E-state index is 0.840. The summed E-state index contributed by atoms with van der Waals surface area (Å²) in [5, 5.41) is 14.3. The van der Waals surface area contributed by atoms with Gasteiger partial charge < -0.3 is 0 Å². The summed E-state index contributed by atoms with van der Waals surface area (Å²) in [5.74, 6) is 0.947.